The highest BCUT2D eigenvalue weighted by Crippen LogP contribution is 2.53. The van der Waals surface area contributed by atoms with Gasteiger partial charge in [-0.25, -0.2) is 0 Å². The van der Waals surface area contributed by atoms with Crippen LogP contribution in [0.1, 0.15) is 76.3 Å². The van der Waals surface area contributed by atoms with Crippen LogP contribution in [0, 0.1) is 0 Å². The smallest absolute Gasteiger partial charge is 0.0215 e. The van der Waals surface area contributed by atoms with Gasteiger partial charge in [-0.2, -0.15) is 0 Å². The highest BCUT2D eigenvalue weighted by Gasteiger charge is 2.41. The zero-order valence-electron chi connectivity index (χ0n) is 14.8. The molecule has 122 valence electrons. The minimum absolute atomic E-state index is 0.261. The maximum atomic E-state index is 2.40. The van der Waals surface area contributed by atoms with Crippen molar-refractivity contribution in [2.24, 2.45) is 0 Å². The van der Waals surface area contributed by atoms with Crippen molar-refractivity contribution < 1.29 is 0 Å². The van der Waals surface area contributed by atoms with Crippen LogP contribution in [-0.2, 0) is 5.41 Å². The Balaban J connectivity index is 2.05. The summed E-state index contributed by atoms with van der Waals surface area (Å²) in [4.78, 5) is 0. The Bertz CT molecular complexity index is 580. The fourth-order valence-corrected chi connectivity index (χ4v) is 4.43. The SMILES string of the molecule is CCCCCC1(CCCCC)c2ccccc2-c2ccccc21. The third kappa shape index (κ3) is 2.96. The number of fused-ring (bicyclic) bond motifs is 3. The van der Waals surface area contributed by atoms with E-state index in [1.165, 1.54) is 62.5 Å². The number of hydrogen-bond donors (Lipinski definition) is 0. The Morgan fingerprint density at radius 3 is 1.48 bits per heavy atom. The molecular weight excluding hydrogens is 276 g/mol. The molecule has 0 saturated heterocycles. The maximum absolute atomic E-state index is 2.40. The second-order valence-corrected chi connectivity index (χ2v) is 7.09. The van der Waals surface area contributed by atoms with E-state index in [2.05, 4.69) is 62.4 Å². The molecule has 0 atom stereocenters. The van der Waals surface area contributed by atoms with Crippen LogP contribution in [0.25, 0.3) is 11.1 Å². The number of unbranched alkanes of at least 4 members (excludes halogenated alkanes) is 4. The van der Waals surface area contributed by atoms with E-state index in [1.54, 1.807) is 11.1 Å². The van der Waals surface area contributed by atoms with Gasteiger partial charge in [0.1, 0.15) is 0 Å². The van der Waals surface area contributed by atoms with E-state index in [0.717, 1.165) is 0 Å². The minimum atomic E-state index is 0.261. The van der Waals surface area contributed by atoms with Gasteiger partial charge < -0.3 is 0 Å². The third-order valence-electron chi connectivity index (χ3n) is 5.59. The number of benzene rings is 2. The molecule has 0 aromatic heterocycles. The summed E-state index contributed by atoms with van der Waals surface area (Å²) in [6.45, 7) is 4.61. The lowest BCUT2D eigenvalue weighted by Crippen LogP contribution is -2.25. The largest absolute Gasteiger partial charge is 0.0654 e. The molecule has 3 rings (SSSR count). The molecule has 0 bridgehead atoms. The van der Waals surface area contributed by atoms with Gasteiger partial charge in [0, 0.05) is 5.41 Å². The molecule has 0 nitrogen and oxygen atoms in total. The summed E-state index contributed by atoms with van der Waals surface area (Å²) in [7, 11) is 0. The average molecular weight is 306 g/mol. The van der Waals surface area contributed by atoms with Crippen molar-refractivity contribution in [3.63, 3.8) is 0 Å². The molecule has 1 aliphatic carbocycles. The molecular formula is C23H30. The van der Waals surface area contributed by atoms with Crippen molar-refractivity contribution in [2.75, 3.05) is 0 Å². The quantitative estimate of drug-likeness (QED) is 0.456. The second-order valence-electron chi connectivity index (χ2n) is 7.09. The van der Waals surface area contributed by atoms with Crippen molar-refractivity contribution in [2.45, 2.75) is 70.6 Å². The van der Waals surface area contributed by atoms with E-state index in [9.17, 15) is 0 Å². The van der Waals surface area contributed by atoms with Gasteiger partial charge in [0.15, 0.2) is 0 Å². The van der Waals surface area contributed by atoms with Crippen LogP contribution in [0.4, 0.5) is 0 Å². The molecule has 0 aliphatic heterocycles. The first-order valence-electron chi connectivity index (χ1n) is 9.53. The van der Waals surface area contributed by atoms with Gasteiger partial charge in [-0.1, -0.05) is 101 Å². The normalized spacial score (nSPS) is 14.5. The van der Waals surface area contributed by atoms with Crippen molar-refractivity contribution in [1.29, 1.82) is 0 Å². The van der Waals surface area contributed by atoms with E-state index in [0.29, 0.717) is 0 Å². The molecule has 0 N–H and O–H groups in total. The summed E-state index contributed by atoms with van der Waals surface area (Å²) in [5.41, 5.74) is 6.41. The van der Waals surface area contributed by atoms with Gasteiger partial charge in [0.05, 0.1) is 0 Å². The van der Waals surface area contributed by atoms with Crippen molar-refractivity contribution in [3.05, 3.63) is 59.7 Å². The molecule has 0 heterocycles. The fraction of sp³-hybridized carbons (Fsp3) is 0.478. The first-order valence-corrected chi connectivity index (χ1v) is 9.53. The summed E-state index contributed by atoms with van der Waals surface area (Å²) in [6.07, 6.45) is 10.6. The van der Waals surface area contributed by atoms with Crippen LogP contribution >= 0.6 is 0 Å². The summed E-state index contributed by atoms with van der Waals surface area (Å²) < 4.78 is 0. The maximum Gasteiger partial charge on any atom is 0.0215 e. The first-order chi connectivity index (χ1) is 11.3. The lowest BCUT2D eigenvalue weighted by atomic mass is 9.71. The van der Waals surface area contributed by atoms with Gasteiger partial charge in [-0.05, 0) is 35.1 Å². The van der Waals surface area contributed by atoms with Crippen LogP contribution in [0.2, 0.25) is 0 Å². The summed E-state index contributed by atoms with van der Waals surface area (Å²) in [5.74, 6) is 0. The Kier molecular flexibility index (Phi) is 5.20. The van der Waals surface area contributed by atoms with Crippen LogP contribution in [-0.4, -0.2) is 0 Å². The Morgan fingerprint density at radius 1 is 0.609 bits per heavy atom. The summed E-state index contributed by atoms with van der Waals surface area (Å²) in [6, 6.07) is 18.3. The van der Waals surface area contributed by atoms with Gasteiger partial charge in [0.25, 0.3) is 0 Å². The predicted molar refractivity (Wildman–Crippen MR) is 101 cm³/mol. The lowest BCUT2D eigenvalue weighted by Gasteiger charge is -2.32. The van der Waals surface area contributed by atoms with E-state index in [1.807, 2.05) is 0 Å². The zero-order valence-corrected chi connectivity index (χ0v) is 14.8. The zero-order chi connectivity index (χ0) is 16.1. The standard InChI is InChI=1S/C23H30/c1-3-5-11-17-23(18-12-6-4-2)21-15-9-7-13-19(21)20-14-8-10-16-22(20)23/h7-10,13-16H,3-6,11-12,17-18H2,1-2H3. The van der Waals surface area contributed by atoms with Crippen LogP contribution in [0.3, 0.4) is 0 Å². The molecule has 0 amide bonds. The number of rotatable bonds is 8. The molecule has 0 unspecified atom stereocenters. The monoisotopic (exact) mass is 306 g/mol. The minimum Gasteiger partial charge on any atom is -0.0654 e. The Labute approximate surface area is 141 Å². The first kappa shape index (κ1) is 16.3. The van der Waals surface area contributed by atoms with Gasteiger partial charge in [0.2, 0.25) is 0 Å². The van der Waals surface area contributed by atoms with Crippen LogP contribution in [0.15, 0.2) is 48.5 Å². The second kappa shape index (κ2) is 7.34. The Hall–Kier alpha value is -1.56. The fourth-order valence-electron chi connectivity index (χ4n) is 4.43. The highest BCUT2D eigenvalue weighted by atomic mass is 14.4. The molecule has 0 saturated carbocycles. The summed E-state index contributed by atoms with van der Waals surface area (Å²) in [5, 5.41) is 0. The molecule has 0 heteroatoms. The number of hydrogen-bond acceptors (Lipinski definition) is 0. The van der Waals surface area contributed by atoms with E-state index >= 15 is 0 Å². The molecule has 2 aromatic carbocycles. The van der Waals surface area contributed by atoms with E-state index in [4.69, 9.17) is 0 Å². The Morgan fingerprint density at radius 2 is 1.04 bits per heavy atom. The molecule has 0 radical (unpaired) electrons. The molecule has 0 fully saturated rings. The molecule has 2 aromatic rings. The molecule has 0 spiro atoms. The van der Waals surface area contributed by atoms with Crippen molar-refractivity contribution >= 4 is 0 Å². The lowest BCUT2D eigenvalue weighted by molar-refractivity contribution is 0.405. The van der Waals surface area contributed by atoms with Gasteiger partial charge in [-0.15, -0.1) is 0 Å². The van der Waals surface area contributed by atoms with Crippen LogP contribution < -0.4 is 0 Å². The van der Waals surface area contributed by atoms with Gasteiger partial charge in [-0.3, -0.25) is 0 Å². The third-order valence-corrected chi connectivity index (χ3v) is 5.59. The van der Waals surface area contributed by atoms with E-state index < -0.39 is 0 Å². The van der Waals surface area contributed by atoms with Crippen LogP contribution in [0.5, 0.6) is 0 Å². The van der Waals surface area contributed by atoms with Gasteiger partial charge >= 0.3 is 0 Å². The summed E-state index contributed by atoms with van der Waals surface area (Å²) >= 11 is 0. The predicted octanol–water partition coefficient (Wildman–Crippen LogP) is 7.11. The van der Waals surface area contributed by atoms with Crippen molar-refractivity contribution in [1.82, 2.24) is 0 Å². The average Bonchev–Trinajstić information content (AvgIpc) is 2.87. The molecule has 23 heavy (non-hydrogen) atoms. The van der Waals surface area contributed by atoms with E-state index in [-0.39, 0.29) is 5.41 Å². The van der Waals surface area contributed by atoms with Crippen molar-refractivity contribution in [3.8, 4) is 11.1 Å². The molecule has 1 aliphatic rings. The topological polar surface area (TPSA) is 0 Å². The highest BCUT2D eigenvalue weighted by molar-refractivity contribution is 5.80.